The van der Waals surface area contributed by atoms with Crippen molar-refractivity contribution in [2.75, 3.05) is 31.6 Å². The molecule has 23 heavy (non-hydrogen) atoms. The number of carbonyl (C=O) groups is 1. The first kappa shape index (κ1) is 22.4. The maximum absolute atomic E-state index is 12.1. The number of hydrogen-bond donors (Lipinski definition) is 2. The summed E-state index contributed by atoms with van der Waals surface area (Å²) in [4.78, 5) is 20.7. The molecular weight excluding hydrogens is 375 g/mol. The van der Waals surface area contributed by atoms with E-state index in [4.69, 9.17) is 0 Å². The third-order valence-electron chi connectivity index (χ3n) is 3.40. The number of rotatable bonds is 7. The predicted octanol–water partition coefficient (Wildman–Crippen LogP) is 3.39. The molecule has 5 nitrogen and oxygen atoms in total. The molecule has 2 N–H and O–H groups in total. The highest BCUT2D eigenvalue weighted by Gasteiger charge is 2.16. The largest absolute Gasteiger partial charge is 0.350 e. The van der Waals surface area contributed by atoms with Gasteiger partial charge in [0.1, 0.15) is 4.83 Å². The number of amides is 1. The molecule has 0 aliphatic heterocycles. The second kappa shape index (κ2) is 10.3. The van der Waals surface area contributed by atoms with Crippen LogP contribution in [-0.4, -0.2) is 43.6 Å². The first-order valence-corrected chi connectivity index (χ1v) is 8.83. The van der Waals surface area contributed by atoms with Crippen LogP contribution in [0.4, 0.5) is 5.13 Å². The molecule has 2 aromatic heterocycles. The van der Waals surface area contributed by atoms with E-state index in [1.54, 1.807) is 11.3 Å². The summed E-state index contributed by atoms with van der Waals surface area (Å²) in [7, 11) is 1.89. The Balaban J connectivity index is 0.00000242. The lowest BCUT2D eigenvalue weighted by atomic mass is 10.3. The van der Waals surface area contributed by atoms with Crippen molar-refractivity contribution in [3.8, 4) is 0 Å². The molecule has 0 aliphatic rings. The van der Waals surface area contributed by atoms with E-state index < -0.39 is 0 Å². The van der Waals surface area contributed by atoms with Crippen LogP contribution in [0.2, 0.25) is 0 Å². The Kier molecular flexibility index (Phi) is 10.0. The number of nitrogens with zero attached hydrogens (tertiary/aromatic N) is 2. The number of thiophene rings is 1. The maximum atomic E-state index is 12.1. The lowest BCUT2D eigenvalue weighted by Crippen LogP contribution is -2.36. The number of likely N-dealkylation sites (N-methyl/N-ethyl adjacent to an activating group) is 1. The van der Waals surface area contributed by atoms with Crippen LogP contribution in [0.25, 0.3) is 9.53 Å². The van der Waals surface area contributed by atoms with E-state index >= 15 is 0 Å². The number of aromatic nitrogens is 1. The van der Waals surface area contributed by atoms with E-state index in [0.717, 1.165) is 32.6 Å². The van der Waals surface area contributed by atoms with Crippen molar-refractivity contribution in [3.63, 3.8) is 0 Å². The van der Waals surface area contributed by atoms with Gasteiger partial charge in [-0.15, -0.1) is 36.2 Å². The molecule has 9 heteroatoms. The van der Waals surface area contributed by atoms with Crippen LogP contribution in [0.15, 0.2) is 6.07 Å². The third-order valence-corrected chi connectivity index (χ3v) is 5.62. The minimum Gasteiger partial charge on any atom is -0.350 e. The standard InChI is InChI=1S/C14H22N4OS2.2ClH/c1-5-18(6-2)14-17-13-11(21-14)7-10(20-13)12(19)16-8-9(3)15-4;;/h7,9,15H,5-6,8H2,1-4H3,(H,16,19);2*1H. The Morgan fingerprint density at radius 3 is 2.48 bits per heavy atom. The molecule has 0 spiro atoms. The highest BCUT2D eigenvalue weighted by Crippen LogP contribution is 2.34. The summed E-state index contributed by atoms with van der Waals surface area (Å²) in [6.07, 6.45) is 0. The summed E-state index contributed by atoms with van der Waals surface area (Å²) >= 11 is 3.12. The predicted molar refractivity (Wildman–Crippen MR) is 106 cm³/mol. The van der Waals surface area contributed by atoms with Gasteiger partial charge in [0.15, 0.2) is 5.13 Å². The van der Waals surface area contributed by atoms with E-state index in [9.17, 15) is 4.79 Å². The molecule has 0 radical (unpaired) electrons. The van der Waals surface area contributed by atoms with Gasteiger partial charge in [0.05, 0.1) is 9.58 Å². The lowest BCUT2D eigenvalue weighted by molar-refractivity contribution is 0.0954. The number of carbonyl (C=O) groups excluding carboxylic acids is 1. The Morgan fingerprint density at radius 2 is 1.96 bits per heavy atom. The van der Waals surface area contributed by atoms with Gasteiger partial charge in [-0.3, -0.25) is 4.79 Å². The number of thiazole rings is 1. The van der Waals surface area contributed by atoms with Crippen LogP contribution in [-0.2, 0) is 0 Å². The summed E-state index contributed by atoms with van der Waals surface area (Å²) in [5.74, 6) is -0.0170. The minimum absolute atomic E-state index is 0. The van der Waals surface area contributed by atoms with Crippen LogP contribution in [0.1, 0.15) is 30.4 Å². The minimum atomic E-state index is -0.0170. The van der Waals surface area contributed by atoms with Gasteiger partial charge in [-0.25, -0.2) is 4.98 Å². The molecule has 0 saturated carbocycles. The summed E-state index contributed by atoms with van der Waals surface area (Å²) in [6, 6.07) is 2.21. The van der Waals surface area contributed by atoms with Crippen molar-refractivity contribution in [1.29, 1.82) is 0 Å². The van der Waals surface area contributed by atoms with Crippen LogP contribution < -0.4 is 15.5 Å². The van der Waals surface area contributed by atoms with Gasteiger partial charge in [-0.05, 0) is 33.9 Å². The SMILES string of the molecule is CCN(CC)c1nc2sc(C(=O)NCC(C)NC)cc2s1.Cl.Cl. The summed E-state index contributed by atoms with van der Waals surface area (Å²) < 4.78 is 1.09. The van der Waals surface area contributed by atoms with E-state index in [0.29, 0.717) is 6.54 Å². The van der Waals surface area contributed by atoms with Gasteiger partial charge in [-0.1, -0.05) is 11.3 Å². The molecule has 1 atom stereocenters. The van der Waals surface area contributed by atoms with Gasteiger partial charge in [0.2, 0.25) is 0 Å². The van der Waals surface area contributed by atoms with E-state index in [2.05, 4.69) is 34.4 Å². The van der Waals surface area contributed by atoms with E-state index in [-0.39, 0.29) is 36.8 Å². The zero-order valence-electron chi connectivity index (χ0n) is 13.7. The average Bonchev–Trinajstić information content (AvgIpc) is 3.04. The number of fused-ring (bicyclic) bond motifs is 1. The highest BCUT2D eigenvalue weighted by molar-refractivity contribution is 7.29. The smallest absolute Gasteiger partial charge is 0.261 e. The molecular formula is C14H24Cl2N4OS2. The Hall–Kier alpha value is -0.600. The zero-order valence-corrected chi connectivity index (χ0v) is 17.0. The highest BCUT2D eigenvalue weighted by atomic mass is 35.5. The summed E-state index contributed by atoms with van der Waals surface area (Å²) in [6.45, 7) is 8.81. The molecule has 132 valence electrons. The van der Waals surface area contributed by atoms with Crippen LogP contribution in [0.3, 0.4) is 0 Å². The van der Waals surface area contributed by atoms with Crippen molar-refractivity contribution in [2.24, 2.45) is 0 Å². The second-order valence-corrected chi connectivity index (χ2v) is 6.89. The van der Waals surface area contributed by atoms with Gasteiger partial charge >= 0.3 is 0 Å². The van der Waals surface area contributed by atoms with Gasteiger partial charge in [-0.2, -0.15) is 0 Å². The number of hydrogen-bond acceptors (Lipinski definition) is 6. The Bertz CT molecular complexity index is 581. The molecule has 2 rings (SSSR count). The molecule has 0 aliphatic carbocycles. The third kappa shape index (κ3) is 5.46. The number of nitrogens with one attached hydrogen (secondary N) is 2. The molecule has 1 unspecified atom stereocenters. The average molecular weight is 399 g/mol. The second-order valence-electron chi connectivity index (χ2n) is 4.85. The molecule has 0 saturated heterocycles. The molecule has 1 amide bonds. The van der Waals surface area contributed by atoms with Crippen molar-refractivity contribution in [1.82, 2.24) is 15.6 Å². The topological polar surface area (TPSA) is 57.3 Å². The van der Waals surface area contributed by atoms with Crippen LogP contribution >= 0.6 is 47.5 Å². The molecule has 0 fully saturated rings. The first-order chi connectivity index (χ1) is 10.1. The first-order valence-electron chi connectivity index (χ1n) is 7.19. The van der Waals surface area contributed by atoms with Crippen molar-refractivity contribution >= 4 is 68.1 Å². The van der Waals surface area contributed by atoms with E-state index in [1.165, 1.54) is 11.3 Å². The van der Waals surface area contributed by atoms with Crippen molar-refractivity contribution < 1.29 is 4.79 Å². The van der Waals surface area contributed by atoms with Gasteiger partial charge in [0.25, 0.3) is 5.91 Å². The number of anilines is 1. The Morgan fingerprint density at radius 1 is 1.30 bits per heavy atom. The fraction of sp³-hybridized carbons (Fsp3) is 0.571. The summed E-state index contributed by atoms with van der Waals surface area (Å²) in [5.41, 5.74) is 0. The summed E-state index contributed by atoms with van der Waals surface area (Å²) in [5, 5.41) is 7.07. The molecule has 2 aromatic rings. The molecule has 0 bridgehead atoms. The number of halogens is 2. The quantitative estimate of drug-likeness (QED) is 0.750. The van der Waals surface area contributed by atoms with Gasteiger partial charge in [0, 0.05) is 25.7 Å². The van der Waals surface area contributed by atoms with Crippen LogP contribution in [0.5, 0.6) is 0 Å². The monoisotopic (exact) mass is 398 g/mol. The fourth-order valence-corrected chi connectivity index (χ4v) is 4.15. The van der Waals surface area contributed by atoms with Gasteiger partial charge < -0.3 is 15.5 Å². The fourth-order valence-electron chi connectivity index (χ4n) is 1.90. The lowest BCUT2D eigenvalue weighted by Gasteiger charge is -2.16. The Labute approximate surface area is 157 Å². The molecule has 2 heterocycles. The van der Waals surface area contributed by atoms with Crippen molar-refractivity contribution in [2.45, 2.75) is 26.8 Å². The maximum Gasteiger partial charge on any atom is 0.261 e. The molecule has 0 aromatic carbocycles. The zero-order chi connectivity index (χ0) is 15.4. The van der Waals surface area contributed by atoms with Crippen molar-refractivity contribution in [3.05, 3.63) is 10.9 Å². The van der Waals surface area contributed by atoms with E-state index in [1.807, 2.05) is 20.0 Å². The normalized spacial score (nSPS) is 11.5. The van der Waals surface area contributed by atoms with Crippen LogP contribution in [0, 0.1) is 0 Å².